The Balaban J connectivity index is 1.15. The predicted octanol–water partition coefficient (Wildman–Crippen LogP) is 10.1. The highest BCUT2D eigenvalue weighted by Gasteiger charge is 2.31. The maximum atomic E-state index is 12.6. The van der Waals surface area contributed by atoms with Gasteiger partial charge in [-0.25, -0.2) is 14.6 Å². The number of benzene rings is 4. The van der Waals surface area contributed by atoms with Gasteiger partial charge in [0.1, 0.15) is 13.2 Å². The Labute approximate surface area is 290 Å². The number of carbonyl (C=O) groups excluding carboxylic acids is 2. The van der Waals surface area contributed by atoms with E-state index in [4.69, 9.17) is 14.5 Å². The smallest absolute Gasteiger partial charge is 0.407 e. The maximum absolute atomic E-state index is 12.6. The third kappa shape index (κ3) is 8.01. The van der Waals surface area contributed by atoms with Crippen molar-refractivity contribution in [3.63, 3.8) is 0 Å². The molecule has 0 saturated heterocycles. The Bertz CT molecular complexity index is 1990. The monoisotopic (exact) mass is 698 g/mol. The van der Waals surface area contributed by atoms with Gasteiger partial charge in [-0.3, -0.25) is 0 Å². The Morgan fingerprint density at radius 1 is 0.872 bits per heavy atom. The van der Waals surface area contributed by atoms with E-state index in [2.05, 4.69) is 91.6 Å². The lowest BCUT2D eigenvalue weighted by Gasteiger charge is -2.31. The van der Waals surface area contributed by atoms with Crippen molar-refractivity contribution in [1.29, 1.82) is 0 Å². The van der Waals surface area contributed by atoms with Gasteiger partial charge in [0.2, 0.25) is 0 Å². The quantitative estimate of drug-likeness (QED) is 0.0525. The topological polar surface area (TPSA) is 77.5 Å². The number of ether oxygens (including phenoxy) is 2. The molecule has 10 heteroatoms. The van der Waals surface area contributed by atoms with Crippen LogP contribution in [0.3, 0.4) is 0 Å². The number of thiophene rings is 1. The van der Waals surface area contributed by atoms with Crippen LogP contribution in [0.5, 0.6) is 0 Å². The number of thioether (sulfide) groups is 2. The molecule has 1 N–H and O–H groups in total. The van der Waals surface area contributed by atoms with Crippen molar-refractivity contribution < 1.29 is 19.1 Å². The summed E-state index contributed by atoms with van der Waals surface area (Å²) in [6.07, 6.45) is 1.37. The first kappa shape index (κ1) is 33.1. The fraction of sp³-hybridized carbons (Fsp3) is 0.216. The molecule has 0 saturated carbocycles. The van der Waals surface area contributed by atoms with Gasteiger partial charge < -0.3 is 14.8 Å². The molecule has 1 unspecified atom stereocenters. The van der Waals surface area contributed by atoms with E-state index in [9.17, 15) is 9.59 Å². The van der Waals surface area contributed by atoms with Crippen molar-refractivity contribution >= 4 is 88.6 Å². The molecule has 2 aromatic heterocycles. The third-order valence-electron chi connectivity index (χ3n) is 7.93. The Morgan fingerprint density at radius 2 is 1.62 bits per heavy atom. The molecule has 0 bridgehead atoms. The lowest BCUT2D eigenvalue weighted by molar-refractivity contribution is -0.137. The number of hydrogen-bond donors (Lipinski definition) is 1. The fourth-order valence-electron chi connectivity index (χ4n) is 5.13. The van der Waals surface area contributed by atoms with Crippen molar-refractivity contribution in [2.75, 3.05) is 31.3 Å². The average molecular weight is 699 g/mol. The number of para-hydroxylation sites is 1. The number of carbonyl (C=O) groups is 2. The molecule has 2 heterocycles. The van der Waals surface area contributed by atoms with Gasteiger partial charge in [0.25, 0.3) is 0 Å². The van der Waals surface area contributed by atoms with E-state index in [-0.39, 0.29) is 25.2 Å². The summed E-state index contributed by atoms with van der Waals surface area (Å²) in [6, 6.07) is 32.1. The molecule has 0 aliphatic heterocycles. The molecule has 6 aromatic rings. The molecule has 6 rings (SSSR count). The Hall–Kier alpha value is -3.83. The van der Waals surface area contributed by atoms with E-state index < -0.39 is 12.1 Å². The second kappa shape index (κ2) is 15.4. The van der Waals surface area contributed by atoms with E-state index in [0.717, 1.165) is 43.5 Å². The van der Waals surface area contributed by atoms with Gasteiger partial charge in [0.15, 0.2) is 4.34 Å². The normalized spacial score (nSPS) is 12.6. The number of fused-ring (bicyclic) bond motifs is 4. The Morgan fingerprint density at radius 3 is 2.40 bits per heavy atom. The van der Waals surface area contributed by atoms with Gasteiger partial charge >= 0.3 is 12.1 Å². The second-order valence-corrected chi connectivity index (χ2v) is 15.4. The minimum Gasteiger partial charge on any atom is -0.461 e. The van der Waals surface area contributed by atoms with Crippen LogP contribution in [0.1, 0.15) is 13.3 Å². The summed E-state index contributed by atoms with van der Waals surface area (Å²) < 4.78 is 15.5. The fourth-order valence-corrected chi connectivity index (χ4v) is 10.1. The lowest BCUT2D eigenvalue weighted by Crippen LogP contribution is -2.36. The van der Waals surface area contributed by atoms with Crippen molar-refractivity contribution in [3.8, 4) is 11.1 Å². The molecular weight excluding hydrogens is 665 g/mol. The average Bonchev–Trinajstić information content (AvgIpc) is 3.71. The van der Waals surface area contributed by atoms with E-state index in [1.54, 1.807) is 34.9 Å². The number of amides is 1. The highest BCUT2D eigenvalue weighted by molar-refractivity contribution is 8.01. The van der Waals surface area contributed by atoms with Crippen LogP contribution in [0.15, 0.2) is 113 Å². The van der Waals surface area contributed by atoms with Crippen molar-refractivity contribution in [2.45, 2.75) is 22.6 Å². The number of nitrogens with one attached hydrogen (secondary N) is 1. The summed E-state index contributed by atoms with van der Waals surface area (Å²) in [5.41, 5.74) is 3.13. The van der Waals surface area contributed by atoms with Gasteiger partial charge in [0.05, 0.1) is 16.8 Å². The standard InChI is InChI=1S/C37H34N2O4S4/c1-3-33(40)42-21-20-38-35(41)43-22-37(4-2,24-45-36-39-30-13-6-8-15-32(30)47-36)23-44-26-18-16-25(17-19-26)27-11-9-12-29-28-10-5-7-14-31(28)46-34(27)29/h3,5-19H,1,4,20-24H2,2H3,(H,38,41). The van der Waals surface area contributed by atoms with Gasteiger partial charge in [-0.05, 0) is 47.9 Å². The van der Waals surface area contributed by atoms with Crippen LogP contribution in [0.2, 0.25) is 0 Å². The van der Waals surface area contributed by atoms with E-state index in [1.165, 1.54) is 31.3 Å². The maximum Gasteiger partial charge on any atom is 0.407 e. The molecule has 1 atom stereocenters. The molecule has 4 aromatic carbocycles. The molecule has 0 aliphatic rings. The highest BCUT2D eigenvalue weighted by atomic mass is 32.2. The van der Waals surface area contributed by atoms with Gasteiger partial charge in [-0.2, -0.15) is 0 Å². The molecular formula is C37H34N2O4S4. The van der Waals surface area contributed by atoms with Crippen molar-refractivity contribution in [2.24, 2.45) is 5.41 Å². The molecule has 47 heavy (non-hydrogen) atoms. The van der Waals surface area contributed by atoms with Crippen LogP contribution >= 0.6 is 46.2 Å². The number of alkyl carbamates (subject to hydrolysis) is 1. The lowest BCUT2D eigenvalue weighted by atomic mass is 9.91. The summed E-state index contributed by atoms with van der Waals surface area (Å²) in [5.74, 6) is 0.975. The SMILES string of the molecule is C=CC(=O)OCCNC(=O)OCC(CC)(CSc1ccc(-c2cccc3c2sc2ccccc23)cc1)CSc1nc2ccccc2s1. The molecule has 240 valence electrons. The number of nitrogens with zero attached hydrogens (tertiary/aromatic N) is 1. The van der Waals surface area contributed by atoms with Gasteiger partial charge in [0, 0.05) is 48.1 Å². The van der Waals surface area contributed by atoms with Crippen LogP contribution in [-0.4, -0.2) is 48.3 Å². The number of thiazole rings is 1. The number of rotatable bonds is 14. The summed E-state index contributed by atoms with van der Waals surface area (Å²) in [5, 5.41) is 5.26. The largest absolute Gasteiger partial charge is 0.461 e. The zero-order chi connectivity index (χ0) is 32.6. The molecule has 1 amide bonds. The highest BCUT2D eigenvalue weighted by Crippen LogP contribution is 2.42. The minimum absolute atomic E-state index is 0.0512. The van der Waals surface area contributed by atoms with Crippen molar-refractivity contribution in [1.82, 2.24) is 10.3 Å². The minimum atomic E-state index is -0.535. The molecule has 0 radical (unpaired) electrons. The summed E-state index contributed by atoms with van der Waals surface area (Å²) >= 11 is 7.01. The summed E-state index contributed by atoms with van der Waals surface area (Å²) in [7, 11) is 0. The van der Waals surface area contributed by atoms with Crippen LogP contribution < -0.4 is 5.32 Å². The first-order valence-electron chi connectivity index (χ1n) is 15.3. The first-order valence-corrected chi connectivity index (χ1v) is 18.9. The predicted molar refractivity (Wildman–Crippen MR) is 199 cm³/mol. The first-order chi connectivity index (χ1) is 23.0. The van der Waals surface area contributed by atoms with Crippen LogP contribution in [-0.2, 0) is 14.3 Å². The van der Waals surface area contributed by atoms with Gasteiger partial charge in [-0.15, -0.1) is 34.4 Å². The number of hydrogen-bond acceptors (Lipinski definition) is 9. The Kier molecular flexibility index (Phi) is 10.8. The van der Waals surface area contributed by atoms with Crippen LogP contribution in [0, 0.1) is 5.41 Å². The van der Waals surface area contributed by atoms with Crippen LogP contribution in [0.25, 0.3) is 41.5 Å². The number of aromatic nitrogens is 1. The molecule has 0 aliphatic carbocycles. The second-order valence-electron chi connectivity index (χ2n) is 11.1. The third-order valence-corrected chi connectivity index (χ3v) is 13.0. The summed E-state index contributed by atoms with van der Waals surface area (Å²) in [4.78, 5) is 29.8. The number of esters is 1. The van der Waals surface area contributed by atoms with Crippen LogP contribution in [0.4, 0.5) is 4.79 Å². The van der Waals surface area contributed by atoms with E-state index >= 15 is 0 Å². The van der Waals surface area contributed by atoms with Gasteiger partial charge in [-0.1, -0.05) is 85.9 Å². The zero-order valence-corrected chi connectivity index (χ0v) is 29.2. The molecule has 6 nitrogen and oxygen atoms in total. The van der Waals surface area contributed by atoms with Crippen molar-refractivity contribution in [3.05, 3.63) is 104 Å². The molecule has 0 fully saturated rings. The van der Waals surface area contributed by atoms with E-state index in [1.807, 2.05) is 29.5 Å². The zero-order valence-electron chi connectivity index (χ0n) is 25.9. The molecule has 0 spiro atoms. The van der Waals surface area contributed by atoms with E-state index in [0.29, 0.717) is 0 Å². The summed E-state index contributed by atoms with van der Waals surface area (Å²) in [6.45, 7) is 5.98.